The fraction of sp³-hybridized carbons (Fsp3) is 0.100. The van der Waals surface area contributed by atoms with Crippen LogP contribution in [0.4, 0.5) is 11.4 Å². The van der Waals surface area contributed by atoms with Crippen LogP contribution in [-0.4, -0.2) is 35.8 Å². The molecule has 10 nitrogen and oxygen atoms in total. The van der Waals surface area contributed by atoms with Gasteiger partial charge in [-0.3, -0.25) is 0 Å². The zero-order chi connectivity index (χ0) is 30.1. The molecule has 220 valence electrons. The summed E-state index contributed by atoms with van der Waals surface area (Å²) < 4.78 is 21.7. The van der Waals surface area contributed by atoms with Gasteiger partial charge in [-0.05, 0) is 100 Å². The van der Waals surface area contributed by atoms with E-state index in [4.69, 9.17) is 24.4 Å². The van der Waals surface area contributed by atoms with Crippen molar-refractivity contribution in [3.05, 3.63) is 113 Å². The van der Waals surface area contributed by atoms with Crippen LogP contribution >= 0.6 is 63.7 Å². The second-order valence-corrected chi connectivity index (χ2v) is 13.4. The summed E-state index contributed by atoms with van der Waals surface area (Å²) in [5.41, 5.74) is 4.11. The lowest BCUT2D eigenvalue weighted by atomic mass is 10.1. The number of nitrogens with zero attached hydrogens (tertiary/aromatic N) is 5. The fourth-order valence-corrected chi connectivity index (χ4v) is 8.17. The van der Waals surface area contributed by atoms with E-state index >= 15 is 0 Å². The Labute approximate surface area is 284 Å². The molecule has 0 aromatic heterocycles. The number of hydrazone groups is 2. The molecule has 3 unspecified atom stereocenters. The fourth-order valence-electron chi connectivity index (χ4n) is 5.33. The van der Waals surface area contributed by atoms with Crippen LogP contribution in [0.2, 0.25) is 0 Å². The molecular formula is C30H18Br4N6O4. The number of hydrogen-bond acceptors (Lipinski definition) is 10. The number of rotatable bonds is 4. The molecule has 0 saturated carbocycles. The first-order valence-corrected chi connectivity index (χ1v) is 16.4. The quantitative estimate of drug-likeness (QED) is 0.219. The van der Waals surface area contributed by atoms with Gasteiger partial charge in [0.2, 0.25) is 11.8 Å². The summed E-state index contributed by atoms with van der Waals surface area (Å²) in [5, 5.41) is 27.6. The lowest BCUT2D eigenvalue weighted by Crippen LogP contribution is -2.49. The molecule has 0 bridgehead atoms. The minimum Gasteiger partial charge on any atom is -0.506 e. The van der Waals surface area contributed by atoms with Crippen molar-refractivity contribution in [2.24, 2.45) is 15.2 Å². The maximum Gasteiger partial charge on any atom is 0.291 e. The van der Waals surface area contributed by atoms with Crippen LogP contribution in [-0.2, 0) is 9.47 Å². The number of aromatic hydroxyl groups is 1. The number of aliphatic imine (C=N–C) groups is 1. The summed E-state index contributed by atoms with van der Waals surface area (Å²) in [4.78, 5) is 4.64. The molecule has 0 spiro atoms. The predicted molar refractivity (Wildman–Crippen MR) is 180 cm³/mol. The third kappa shape index (κ3) is 4.53. The molecule has 4 aliphatic heterocycles. The molecule has 8 rings (SSSR count). The van der Waals surface area contributed by atoms with E-state index in [1.165, 1.54) is 0 Å². The molecule has 0 saturated heterocycles. The van der Waals surface area contributed by atoms with E-state index in [2.05, 4.69) is 74.0 Å². The second-order valence-electron chi connectivity index (χ2n) is 9.97. The van der Waals surface area contributed by atoms with E-state index in [1.54, 1.807) is 22.3 Å². The summed E-state index contributed by atoms with van der Waals surface area (Å²) in [7, 11) is 0. The molecule has 2 N–H and O–H groups in total. The molecule has 14 heteroatoms. The van der Waals surface area contributed by atoms with Crippen LogP contribution in [0.15, 0.2) is 106 Å². The standard InChI is InChI=1S/C30H18Br4N6O4/c31-17-12-20(34)25(16-13-35-29-39(22(16)17)37-26(43-29)14-7-3-1-4-8-14)42-28-21-23(18(32)11-19(33)24(21)41)40-30(36-28)44-27(38-40)15-9-5-2-6-10-15/h1-13,28-30,36,41H. The molecule has 4 aliphatic rings. The van der Waals surface area contributed by atoms with E-state index in [0.29, 0.717) is 47.8 Å². The third-order valence-electron chi connectivity index (χ3n) is 7.30. The molecule has 4 aromatic rings. The van der Waals surface area contributed by atoms with Crippen LogP contribution < -0.4 is 20.1 Å². The van der Waals surface area contributed by atoms with E-state index in [-0.39, 0.29) is 5.75 Å². The van der Waals surface area contributed by atoms with Crippen molar-refractivity contribution < 1.29 is 19.3 Å². The number of fused-ring (bicyclic) bond motifs is 6. The first-order valence-electron chi connectivity index (χ1n) is 13.3. The number of ether oxygens (including phenoxy) is 3. The number of phenols is 1. The van der Waals surface area contributed by atoms with Gasteiger partial charge in [0.25, 0.3) is 12.7 Å². The van der Waals surface area contributed by atoms with Crippen LogP contribution in [0.25, 0.3) is 0 Å². The molecule has 3 atom stereocenters. The van der Waals surface area contributed by atoms with Crippen molar-refractivity contribution in [3.63, 3.8) is 0 Å². The average Bonchev–Trinajstić information content (AvgIpc) is 3.66. The Morgan fingerprint density at radius 1 is 0.750 bits per heavy atom. The third-order valence-corrected chi connectivity index (χ3v) is 9.71. The van der Waals surface area contributed by atoms with Crippen molar-refractivity contribution in [2.75, 3.05) is 10.0 Å². The predicted octanol–water partition coefficient (Wildman–Crippen LogP) is 7.52. The maximum absolute atomic E-state index is 11.3. The summed E-state index contributed by atoms with van der Waals surface area (Å²) >= 11 is 14.5. The SMILES string of the molecule is Oc1c(Br)cc(Br)c2c1C(Oc1c(Br)cc(Br)c3c1C=NC1OC(c4ccccc4)=NN31)NC1OC(c3ccccc3)=NN21. The van der Waals surface area contributed by atoms with E-state index in [1.807, 2.05) is 66.7 Å². The maximum atomic E-state index is 11.3. The van der Waals surface area contributed by atoms with Gasteiger partial charge >= 0.3 is 0 Å². The number of benzene rings is 4. The normalized spacial score (nSPS) is 21.0. The number of anilines is 2. The number of phenolic OH excluding ortho intramolecular Hbond substituents is 1. The van der Waals surface area contributed by atoms with Gasteiger partial charge < -0.3 is 19.3 Å². The van der Waals surface area contributed by atoms with Crippen LogP contribution in [0.3, 0.4) is 0 Å². The molecule has 4 aromatic carbocycles. The van der Waals surface area contributed by atoms with Gasteiger partial charge in [0.05, 0.1) is 31.4 Å². The molecule has 4 heterocycles. The van der Waals surface area contributed by atoms with Crippen molar-refractivity contribution in [1.29, 1.82) is 0 Å². The molecular weight excluding hydrogens is 828 g/mol. The summed E-state index contributed by atoms with van der Waals surface area (Å²) in [6.07, 6.45) is -0.536. The van der Waals surface area contributed by atoms with Gasteiger partial charge in [0, 0.05) is 26.3 Å². The molecule has 0 aliphatic carbocycles. The van der Waals surface area contributed by atoms with Gasteiger partial charge in [-0.2, -0.15) is 0 Å². The monoisotopic (exact) mass is 842 g/mol. The highest BCUT2D eigenvalue weighted by molar-refractivity contribution is 9.11. The van der Waals surface area contributed by atoms with Gasteiger partial charge in [-0.1, -0.05) is 36.4 Å². The Hall–Kier alpha value is -3.43. The molecule has 44 heavy (non-hydrogen) atoms. The average molecular weight is 846 g/mol. The summed E-state index contributed by atoms with van der Waals surface area (Å²) in [6, 6.07) is 22.9. The zero-order valence-corrected chi connectivity index (χ0v) is 28.5. The highest BCUT2D eigenvalue weighted by Gasteiger charge is 2.44. The van der Waals surface area contributed by atoms with Gasteiger partial charge in [-0.15, -0.1) is 10.2 Å². The topological polar surface area (TPSA) is 104 Å². The van der Waals surface area contributed by atoms with Crippen molar-refractivity contribution in [2.45, 2.75) is 18.9 Å². The minimum absolute atomic E-state index is 0.00314. The Morgan fingerprint density at radius 2 is 1.36 bits per heavy atom. The van der Waals surface area contributed by atoms with Crippen LogP contribution in [0, 0.1) is 0 Å². The molecule has 0 fully saturated rings. The highest BCUT2D eigenvalue weighted by atomic mass is 79.9. The second kappa shape index (κ2) is 10.9. The number of hydrogen-bond donors (Lipinski definition) is 2. The summed E-state index contributed by atoms with van der Waals surface area (Å²) in [6.45, 7) is 0. The van der Waals surface area contributed by atoms with E-state index < -0.39 is 18.9 Å². The van der Waals surface area contributed by atoms with Crippen LogP contribution in [0.5, 0.6) is 11.5 Å². The number of nitrogens with one attached hydrogen (secondary N) is 1. The smallest absolute Gasteiger partial charge is 0.291 e. The minimum atomic E-state index is -0.865. The first-order chi connectivity index (χ1) is 21.4. The van der Waals surface area contributed by atoms with Gasteiger partial charge in [-0.25, -0.2) is 20.3 Å². The number of halogens is 4. The highest BCUT2D eigenvalue weighted by Crippen LogP contribution is 2.51. The molecule has 0 radical (unpaired) electrons. The van der Waals surface area contributed by atoms with Gasteiger partial charge in [0.1, 0.15) is 11.5 Å². The Kier molecular flexibility index (Phi) is 6.94. The lowest BCUT2D eigenvalue weighted by molar-refractivity contribution is 0.0630. The van der Waals surface area contributed by atoms with Crippen LogP contribution in [0.1, 0.15) is 28.5 Å². The largest absolute Gasteiger partial charge is 0.506 e. The lowest BCUT2D eigenvalue weighted by Gasteiger charge is -2.37. The van der Waals surface area contributed by atoms with Gasteiger partial charge in [0.15, 0.2) is 6.23 Å². The first kappa shape index (κ1) is 28.1. The van der Waals surface area contributed by atoms with Crippen molar-refractivity contribution in [3.8, 4) is 11.5 Å². The zero-order valence-electron chi connectivity index (χ0n) is 22.2. The Balaban J connectivity index is 1.20. The summed E-state index contributed by atoms with van der Waals surface area (Å²) in [5.74, 6) is 1.38. The van der Waals surface area contributed by atoms with E-state index in [0.717, 1.165) is 21.3 Å². The molecule has 0 amide bonds. The van der Waals surface area contributed by atoms with Crippen molar-refractivity contribution in [1.82, 2.24) is 5.32 Å². The van der Waals surface area contributed by atoms with Crippen molar-refractivity contribution >= 4 is 93.1 Å². The Morgan fingerprint density at radius 3 is 2.07 bits per heavy atom. The van der Waals surface area contributed by atoms with E-state index in [9.17, 15) is 5.11 Å². The Bertz CT molecular complexity index is 1920.